The molecule has 3 rings (SSSR count). The summed E-state index contributed by atoms with van der Waals surface area (Å²) in [6.07, 6.45) is 0. The number of nitrogens with zero attached hydrogens (tertiary/aromatic N) is 3. The van der Waals surface area contributed by atoms with Crippen LogP contribution in [0.15, 0.2) is 54.6 Å². The van der Waals surface area contributed by atoms with E-state index in [1.54, 1.807) is 19.0 Å². The number of hydrogen-bond donors (Lipinski definition) is 1. The van der Waals surface area contributed by atoms with Gasteiger partial charge in [-0.2, -0.15) is 0 Å². The highest BCUT2D eigenvalue weighted by Gasteiger charge is 2.22. The lowest BCUT2D eigenvalue weighted by Gasteiger charge is -2.37. The first-order chi connectivity index (χ1) is 12.5. The molecule has 1 saturated heterocycles. The van der Waals surface area contributed by atoms with Gasteiger partial charge >= 0.3 is 6.03 Å². The van der Waals surface area contributed by atoms with E-state index in [2.05, 4.69) is 65.7 Å². The van der Waals surface area contributed by atoms with Crippen molar-refractivity contribution in [1.29, 1.82) is 0 Å². The summed E-state index contributed by atoms with van der Waals surface area (Å²) in [7, 11) is 3.60. The number of amides is 2. The molecule has 1 unspecified atom stereocenters. The quantitative estimate of drug-likeness (QED) is 0.913. The molecular formula is C21H28N4O. The van der Waals surface area contributed by atoms with Crippen LogP contribution in [0, 0.1) is 0 Å². The van der Waals surface area contributed by atoms with Crippen molar-refractivity contribution in [2.75, 3.05) is 50.5 Å². The first-order valence-corrected chi connectivity index (χ1v) is 9.17. The number of carbonyl (C=O) groups excluding carboxylic acids is 1. The van der Waals surface area contributed by atoms with Crippen LogP contribution in [0.25, 0.3) is 0 Å². The van der Waals surface area contributed by atoms with E-state index >= 15 is 0 Å². The van der Waals surface area contributed by atoms with Gasteiger partial charge in [-0.15, -0.1) is 0 Å². The van der Waals surface area contributed by atoms with Crippen LogP contribution in [0.5, 0.6) is 0 Å². The summed E-state index contributed by atoms with van der Waals surface area (Å²) in [4.78, 5) is 17.9. The van der Waals surface area contributed by atoms with E-state index in [0.717, 1.165) is 31.9 Å². The Kier molecular flexibility index (Phi) is 5.66. The second kappa shape index (κ2) is 8.13. The Morgan fingerprint density at radius 1 is 0.962 bits per heavy atom. The van der Waals surface area contributed by atoms with E-state index in [9.17, 15) is 4.79 Å². The molecule has 1 fully saturated rings. The first kappa shape index (κ1) is 18.1. The van der Waals surface area contributed by atoms with E-state index in [4.69, 9.17) is 0 Å². The average Bonchev–Trinajstić information content (AvgIpc) is 2.69. The van der Waals surface area contributed by atoms with Crippen molar-refractivity contribution in [1.82, 2.24) is 9.80 Å². The van der Waals surface area contributed by atoms with Gasteiger partial charge in [0.25, 0.3) is 0 Å². The zero-order valence-electron chi connectivity index (χ0n) is 15.9. The second-order valence-electron chi connectivity index (χ2n) is 6.97. The number of benzene rings is 2. The number of hydrogen-bond acceptors (Lipinski definition) is 3. The van der Waals surface area contributed by atoms with Crippen LogP contribution in [0.4, 0.5) is 16.2 Å². The lowest BCUT2D eigenvalue weighted by molar-refractivity contribution is 0.168. The molecule has 0 bridgehead atoms. The molecule has 5 nitrogen and oxygen atoms in total. The molecule has 0 aliphatic carbocycles. The molecule has 26 heavy (non-hydrogen) atoms. The highest BCUT2D eigenvalue weighted by atomic mass is 16.2. The Morgan fingerprint density at radius 2 is 1.58 bits per heavy atom. The Bertz CT molecular complexity index is 707. The van der Waals surface area contributed by atoms with E-state index in [-0.39, 0.29) is 12.1 Å². The summed E-state index contributed by atoms with van der Waals surface area (Å²) in [5.74, 6) is 0. The van der Waals surface area contributed by atoms with Crippen molar-refractivity contribution < 1.29 is 4.79 Å². The normalized spacial score (nSPS) is 15.5. The van der Waals surface area contributed by atoms with Crippen molar-refractivity contribution in [2.45, 2.75) is 13.0 Å². The van der Waals surface area contributed by atoms with Crippen molar-refractivity contribution in [3.8, 4) is 0 Å². The van der Waals surface area contributed by atoms with Gasteiger partial charge in [0.15, 0.2) is 0 Å². The van der Waals surface area contributed by atoms with Crippen LogP contribution in [-0.4, -0.2) is 56.1 Å². The molecule has 2 amide bonds. The lowest BCUT2D eigenvalue weighted by atomic mass is 10.1. The number of anilines is 2. The number of nitrogens with one attached hydrogen (secondary N) is 1. The van der Waals surface area contributed by atoms with Crippen LogP contribution < -0.4 is 10.2 Å². The van der Waals surface area contributed by atoms with Crippen molar-refractivity contribution in [3.05, 3.63) is 60.2 Å². The fourth-order valence-corrected chi connectivity index (χ4v) is 3.28. The molecule has 2 aromatic carbocycles. The number of urea groups is 1. The van der Waals surface area contributed by atoms with Gasteiger partial charge in [0, 0.05) is 57.7 Å². The average molecular weight is 352 g/mol. The predicted molar refractivity (Wildman–Crippen MR) is 108 cm³/mol. The summed E-state index contributed by atoms with van der Waals surface area (Å²) in [6.45, 7) is 5.44. The fraction of sp³-hybridized carbons (Fsp3) is 0.381. The van der Waals surface area contributed by atoms with E-state index in [1.807, 2.05) is 11.0 Å². The third kappa shape index (κ3) is 4.28. The zero-order valence-corrected chi connectivity index (χ0v) is 15.9. The van der Waals surface area contributed by atoms with Gasteiger partial charge in [0.05, 0.1) is 0 Å². The van der Waals surface area contributed by atoms with Crippen LogP contribution in [0.1, 0.15) is 18.5 Å². The highest BCUT2D eigenvalue weighted by Crippen LogP contribution is 2.23. The minimum atomic E-state index is 0.0964. The Hall–Kier alpha value is -2.69. The SMILES string of the molecule is CC(Nc1ccc(N2CCN(C(=O)N(C)C)CC2)cc1)c1ccccc1. The van der Waals surface area contributed by atoms with Crippen LogP contribution in [-0.2, 0) is 0 Å². The monoisotopic (exact) mass is 352 g/mol. The third-order valence-electron chi connectivity index (χ3n) is 4.85. The van der Waals surface area contributed by atoms with Crippen molar-refractivity contribution in [3.63, 3.8) is 0 Å². The van der Waals surface area contributed by atoms with E-state index in [1.165, 1.54) is 11.3 Å². The molecule has 1 aliphatic rings. The van der Waals surface area contributed by atoms with Gasteiger partial charge in [-0.3, -0.25) is 0 Å². The standard InChI is InChI=1S/C21H28N4O/c1-17(18-7-5-4-6-8-18)22-19-9-11-20(12-10-19)24-13-15-25(16-14-24)21(26)23(2)3/h4-12,17,22H,13-16H2,1-3H3. The molecule has 0 aromatic heterocycles. The van der Waals surface area contributed by atoms with Crippen LogP contribution >= 0.6 is 0 Å². The van der Waals surface area contributed by atoms with Crippen LogP contribution in [0.3, 0.4) is 0 Å². The smallest absolute Gasteiger partial charge is 0.319 e. The molecule has 0 saturated carbocycles. The summed E-state index contributed by atoms with van der Waals surface area (Å²) in [6, 6.07) is 19.4. The van der Waals surface area contributed by atoms with Crippen molar-refractivity contribution in [2.24, 2.45) is 0 Å². The molecule has 5 heteroatoms. The summed E-state index contributed by atoms with van der Waals surface area (Å²) >= 11 is 0. The Morgan fingerprint density at radius 3 is 2.15 bits per heavy atom. The summed E-state index contributed by atoms with van der Waals surface area (Å²) in [5, 5.41) is 3.55. The minimum absolute atomic E-state index is 0.0964. The molecule has 138 valence electrons. The molecule has 1 N–H and O–H groups in total. The van der Waals surface area contributed by atoms with Gasteiger partial charge in [-0.1, -0.05) is 30.3 Å². The lowest BCUT2D eigenvalue weighted by Crippen LogP contribution is -2.51. The van der Waals surface area contributed by atoms with E-state index in [0.29, 0.717) is 0 Å². The third-order valence-corrected chi connectivity index (χ3v) is 4.85. The molecule has 1 heterocycles. The largest absolute Gasteiger partial charge is 0.379 e. The maximum Gasteiger partial charge on any atom is 0.319 e. The summed E-state index contributed by atoms with van der Waals surface area (Å²) in [5.41, 5.74) is 3.60. The fourth-order valence-electron chi connectivity index (χ4n) is 3.28. The molecular weight excluding hydrogens is 324 g/mol. The maximum absolute atomic E-state index is 12.0. The summed E-state index contributed by atoms with van der Waals surface area (Å²) < 4.78 is 0. The van der Waals surface area contributed by atoms with Crippen molar-refractivity contribution >= 4 is 17.4 Å². The molecule has 1 aliphatic heterocycles. The highest BCUT2D eigenvalue weighted by molar-refractivity contribution is 5.74. The number of carbonyl (C=O) groups is 1. The Labute approximate surface area is 156 Å². The van der Waals surface area contributed by atoms with E-state index < -0.39 is 0 Å². The Balaban J connectivity index is 1.56. The van der Waals surface area contributed by atoms with Gasteiger partial charge in [-0.05, 0) is 36.8 Å². The molecule has 1 atom stereocenters. The predicted octanol–water partition coefficient (Wildman–Crippen LogP) is 3.66. The van der Waals surface area contributed by atoms with Gasteiger partial charge < -0.3 is 20.0 Å². The van der Waals surface area contributed by atoms with Crippen LogP contribution in [0.2, 0.25) is 0 Å². The number of piperazine rings is 1. The molecule has 0 radical (unpaired) electrons. The van der Waals surface area contributed by atoms with Gasteiger partial charge in [0.2, 0.25) is 0 Å². The van der Waals surface area contributed by atoms with Gasteiger partial charge in [-0.25, -0.2) is 4.79 Å². The maximum atomic E-state index is 12.0. The first-order valence-electron chi connectivity index (χ1n) is 9.17. The molecule has 2 aromatic rings. The topological polar surface area (TPSA) is 38.8 Å². The zero-order chi connectivity index (χ0) is 18.5. The second-order valence-corrected chi connectivity index (χ2v) is 6.97. The van der Waals surface area contributed by atoms with Gasteiger partial charge in [0.1, 0.15) is 0 Å². The minimum Gasteiger partial charge on any atom is -0.379 e. The molecule has 0 spiro atoms. The number of rotatable bonds is 4.